The largest absolute Gasteiger partial charge is 0.497 e. The number of rotatable bonds is 10. The zero-order chi connectivity index (χ0) is 26.3. The van der Waals surface area contributed by atoms with Gasteiger partial charge in [0, 0.05) is 18.0 Å². The van der Waals surface area contributed by atoms with Crippen LogP contribution in [0.3, 0.4) is 0 Å². The van der Waals surface area contributed by atoms with Gasteiger partial charge in [-0.05, 0) is 42.7 Å². The number of carbonyl (C=O) groups excluding carboxylic acids is 2. The van der Waals surface area contributed by atoms with Crippen LogP contribution in [0.4, 0.5) is 5.82 Å². The lowest BCUT2D eigenvalue weighted by Gasteiger charge is -2.22. The zero-order valence-electron chi connectivity index (χ0n) is 22.3. The number of hydrogen-bond acceptors (Lipinski definition) is 4. The summed E-state index contributed by atoms with van der Waals surface area (Å²) in [4.78, 5) is 28.0. The van der Waals surface area contributed by atoms with E-state index < -0.39 is 0 Å². The highest BCUT2D eigenvalue weighted by atomic mass is 16.5. The van der Waals surface area contributed by atoms with Crippen LogP contribution in [0.25, 0.3) is 5.69 Å². The Kier molecular flexibility index (Phi) is 8.91. The van der Waals surface area contributed by atoms with E-state index in [0.29, 0.717) is 12.4 Å². The molecule has 2 amide bonds. The fraction of sp³-hybridized carbons (Fsp3) is 0.414. The van der Waals surface area contributed by atoms with Gasteiger partial charge in [-0.25, -0.2) is 4.68 Å². The molecule has 0 bridgehead atoms. The maximum atomic E-state index is 13.2. The molecule has 1 aromatic heterocycles. The minimum atomic E-state index is -0.246. The number of methoxy groups -OCH3 is 1. The molecule has 0 saturated carbocycles. The topological polar surface area (TPSA) is 76.5 Å². The Bertz CT molecular complexity index is 1180. The third-order valence-electron chi connectivity index (χ3n) is 6.07. The van der Waals surface area contributed by atoms with Gasteiger partial charge in [0.1, 0.15) is 11.6 Å². The van der Waals surface area contributed by atoms with E-state index in [0.717, 1.165) is 41.1 Å². The van der Waals surface area contributed by atoms with Crippen LogP contribution in [0.5, 0.6) is 5.75 Å². The van der Waals surface area contributed by atoms with Crippen molar-refractivity contribution in [2.45, 2.75) is 59.3 Å². The van der Waals surface area contributed by atoms with Gasteiger partial charge in [0.2, 0.25) is 11.8 Å². The Morgan fingerprint density at radius 1 is 1.08 bits per heavy atom. The van der Waals surface area contributed by atoms with Crippen LogP contribution in [0, 0.1) is 6.92 Å². The van der Waals surface area contributed by atoms with Crippen LogP contribution in [0.15, 0.2) is 54.6 Å². The van der Waals surface area contributed by atoms with E-state index in [1.807, 2.05) is 61.5 Å². The molecule has 3 rings (SSSR count). The van der Waals surface area contributed by atoms with Gasteiger partial charge in [0.15, 0.2) is 0 Å². The van der Waals surface area contributed by atoms with Gasteiger partial charge < -0.3 is 15.0 Å². The van der Waals surface area contributed by atoms with Gasteiger partial charge >= 0.3 is 0 Å². The van der Waals surface area contributed by atoms with Gasteiger partial charge in [0.25, 0.3) is 0 Å². The number of benzene rings is 2. The number of hydrogen-bond donors (Lipinski definition) is 1. The Morgan fingerprint density at radius 3 is 2.39 bits per heavy atom. The number of aromatic nitrogens is 2. The fourth-order valence-electron chi connectivity index (χ4n) is 3.85. The van der Waals surface area contributed by atoms with E-state index in [1.54, 1.807) is 16.7 Å². The second-order valence-electron chi connectivity index (χ2n) is 10.1. The Labute approximate surface area is 214 Å². The molecule has 0 aliphatic rings. The quantitative estimate of drug-likeness (QED) is 0.419. The summed E-state index contributed by atoms with van der Waals surface area (Å²) < 4.78 is 6.98. The van der Waals surface area contributed by atoms with E-state index in [4.69, 9.17) is 9.84 Å². The minimum Gasteiger partial charge on any atom is -0.497 e. The number of nitrogens with zero attached hydrogens (tertiary/aromatic N) is 3. The molecule has 0 fully saturated rings. The van der Waals surface area contributed by atoms with E-state index in [-0.39, 0.29) is 30.2 Å². The molecular weight excluding hydrogens is 452 g/mol. The normalized spacial score (nSPS) is 11.3. The van der Waals surface area contributed by atoms with Crippen molar-refractivity contribution in [3.63, 3.8) is 0 Å². The first kappa shape index (κ1) is 27.0. The number of unbranched alkanes of at least 4 members (excludes halogenated alkanes) is 1. The molecular formula is C29H38N4O3. The first-order valence-corrected chi connectivity index (χ1v) is 12.5. The van der Waals surface area contributed by atoms with Crippen LogP contribution < -0.4 is 10.1 Å². The lowest BCUT2D eigenvalue weighted by molar-refractivity contribution is -0.134. The summed E-state index contributed by atoms with van der Waals surface area (Å²) in [5, 5.41) is 7.83. The molecule has 7 nitrogen and oxygen atoms in total. The number of carbonyl (C=O) groups is 2. The average Bonchev–Trinajstić information content (AvgIpc) is 3.26. The molecule has 192 valence electrons. The van der Waals surface area contributed by atoms with Crippen molar-refractivity contribution in [3.05, 3.63) is 71.4 Å². The summed E-state index contributed by atoms with van der Waals surface area (Å²) in [6.45, 7) is 10.9. The number of amides is 2. The molecule has 3 aromatic rings. The van der Waals surface area contributed by atoms with E-state index in [2.05, 4.69) is 33.0 Å². The molecule has 36 heavy (non-hydrogen) atoms. The number of ether oxygens (including phenoxy) is 1. The standard InChI is InChI=1S/C29H38N4O3/c1-7-8-17-32(28(35)18-22-13-15-23(36-6)16-14-22)20-27(34)30-26-19-25(29(3,4)5)31-33(26)24-12-10-9-11-21(24)2/h9-16,19H,7-8,17-18,20H2,1-6H3,(H,30,34). The second kappa shape index (κ2) is 11.9. The molecule has 2 aromatic carbocycles. The molecule has 0 radical (unpaired) electrons. The first-order chi connectivity index (χ1) is 17.1. The summed E-state index contributed by atoms with van der Waals surface area (Å²) in [6.07, 6.45) is 2.00. The van der Waals surface area contributed by atoms with Crippen molar-refractivity contribution in [3.8, 4) is 11.4 Å². The van der Waals surface area contributed by atoms with Gasteiger partial charge in [-0.2, -0.15) is 5.10 Å². The van der Waals surface area contributed by atoms with E-state index in [9.17, 15) is 9.59 Å². The number of aryl methyl sites for hydroxylation is 1. The van der Waals surface area contributed by atoms with E-state index in [1.165, 1.54) is 0 Å². The van der Waals surface area contributed by atoms with E-state index >= 15 is 0 Å². The van der Waals surface area contributed by atoms with Crippen molar-refractivity contribution >= 4 is 17.6 Å². The predicted molar refractivity (Wildman–Crippen MR) is 144 cm³/mol. The summed E-state index contributed by atoms with van der Waals surface area (Å²) in [6, 6.07) is 17.3. The number of nitrogens with one attached hydrogen (secondary N) is 1. The predicted octanol–water partition coefficient (Wildman–Crippen LogP) is 5.30. The molecule has 1 N–H and O–H groups in total. The second-order valence-corrected chi connectivity index (χ2v) is 10.1. The lowest BCUT2D eigenvalue weighted by Crippen LogP contribution is -2.39. The molecule has 0 atom stereocenters. The molecule has 0 saturated heterocycles. The molecule has 7 heteroatoms. The Balaban J connectivity index is 1.80. The highest BCUT2D eigenvalue weighted by Crippen LogP contribution is 2.27. The third-order valence-corrected chi connectivity index (χ3v) is 6.07. The SMILES string of the molecule is CCCCN(CC(=O)Nc1cc(C(C)(C)C)nn1-c1ccccc1C)C(=O)Cc1ccc(OC)cc1. The summed E-state index contributed by atoms with van der Waals surface area (Å²) in [7, 11) is 1.61. The van der Waals surface area contributed by atoms with Crippen LogP contribution in [-0.2, 0) is 21.4 Å². The van der Waals surface area contributed by atoms with Crippen molar-refractivity contribution in [2.75, 3.05) is 25.5 Å². The maximum Gasteiger partial charge on any atom is 0.245 e. The van der Waals surface area contributed by atoms with Crippen LogP contribution >= 0.6 is 0 Å². The minimum absolute atomic E-state index is 0.0151. The number of para-hydroxylation sites is 1. The number of anilines is 1. The third kappa shape index (κ3) is 6.97. The highest BCUT2D eigenvalue weighted by Gasteiger charge is 2.23. The van der Waals surface area contributed by atoms with Crippen molar-refractivity contribution in [2.24, 2.45) is 0 Å². The average molecular weight is 491 g/mol. The van der Waals surface area contributed by atoms with Crippen molar-refractivity contribution < 1.29 is 14.3 Å². The molecule has 1 heterocycles. The first-order valence-electron chi connectivity index (χ1n) is 12.5. The maximum absolute atomic E-state index is 13.2. The van der Waals surface area contributed by atoms with Crippen LogP contribution in [0.2, 0.25) is 0 Å². The summed E-state index contributed by atoms with van der Waals surface area (Å²) in [5.41, 5.74) is 3.53. The van der Waals surface area contributed by atoms with Gasteiger partial charge in [-0.15, -0.1) is 0 Å². The van der Waals surface area contributed by atoms with Crippen molar-refractivity contribution in [1.82, 2.24) is 14.7 Å². The van der Waals surface area contributed by atoms with Gasteiger partial charge in [0.05, 0.1) is 31.5 Å². The highest BCUT2D eigenvalue weighted by molar-refractivity contribution is 5.94. The monoisotopic (exact) mass is 490 g/mol. The van der Waals surface area contributed by atoms with Crippen LogP contribution in [-0.4, -0.2) is 46.7 Å². The van der Waals surface area contributed by atoms with Gasteiger partial charge in [-0.1, -0.05) is 64.4 Å². The molecule has 0 spiro atoms. The smallest absolute Gasteiger partial charge is 0.245 e. The fourth-order valence-corrected chi connectivity index (χ4v) is 3.85. The lowest BCUT2D eigenvalue weighted by atomic mass is 9.92. The summed E-state index contributed by atoms with van der Waals surface area (Å²) >= 11 is 0. The molecule has 0 aliphatic carbocycles. The molecule has 0 aliphatic heterocycles. The Hall–Kier alpha value is -3.61. The van der Waals surface area contributed by atoms with Crippen LogP contribution in [0.1, 0.15) is 57.4 Å². The van der Waals surface area contributed by atoms with Gasteiger partial charge in [-0.3, -0.25) is 9.59 Å². The zero-order valence-corrected chi connectivity index (χ0v) is 22.3. The van der Waals surface area contributed by atoms with Crippen molar-refractivity contribution in [1.29, 1.82) is 0 Å². The molecule has 0 unspecified atom stereocenters. The Morgan fingerprint density at radius 2 is 1.78 bits per heavy atom. The summed E-state index contributed by atoms with van der Waals surface area (Å²) in [5.74, 6) is 1.02.